The lowest BCUT2D eigenvalue weighted by Crippen LogP contribution is -2.57. The van der Waals surface area contributed by atoms with Gasteiger partial charge in [-0.1, -0.05) is 0 Å². The standard InChI is InChI=1S/C28H41N9O4/c1-26(2,3)41-25(39)34-27(4,5)22(38)36-10-8-28(6,17-36)37-9-7-19-20(18-15-30-23(29)31-16-18)32-24(33-21(19)37)35-11-13-40-14-12-35/h15-16H,7-14,17H2,1-6H3,(H,34,39)(H2,29,30,31)/t28-/m0/s1/i11D2,12D2,13D2,14D2. The van der Waals surface area contributed by atoms with E-state index < -0.39 is 54.8 Å². The Bertz CT molecular complexity index is 1630. The third kappa shape index (κ3) is 5.99. The van der Waals surface area contributed by atoms with Gasteiger partial charge in [0.15, 0.2) is 0 Å². The zero-order valence-corrected chi connectivity index (χ0v) is 24.0. The number of carbonyl (C=O) groups excluding carboxylic acids is 2. The van der Waals surface area contributed by atoms with Gasteiger partial charge in [-0.15, -0.1) is 0 Å². The summed E-state index contributed by atoms with van der Waals surface area (Å²) in [6, 6.07) is 0. The van der Waals surface area contributed by atoms with Crippen LogP contribution in [0.5, 0.6) is 0 Å². The second-order valence-electron chi connectivity index (χ2n) is 12.0. The molecule has 41 heavy (non-hydrogen) atoms. The number of hydrogen-bond donors (Lipinski definition) is 2. The summed E-state index contributed by atoms with van der Waals surface area (Å²) in [5, 5.41) is 2.65. The van der Waals surface area contributed by atoms with Crippen LogP contribution >= 0.6 is 0 Å². The number of amides is 2. The Morgan fingerprint density at radius 1 is 1.12 bits per heavy atom. The van der Waals surface area contributed by atoms with Gasteiger partial charge in [0.1, 0.15) is 17.0 Å². The fourth-order valence-corrected chi connectivity index (χ4v) is 5.20. The Morgan fingerprint density at radius 3 is 2.46 bits per heavy atom. The quantitative estimate of drug-likeness (QED) is 0.538. The van der Waals surface area contributed by atoms with E-state index in [4.69, 9.17) is 26.2 Å². The second kappa shape index (κ2) is 10.6. The van der Waals surface area contributed by atoms with Crippen LogP contribution in [0.1, 0.15) is 64.5 Å². The Hall–Kier alpha value is -3.74. The molecule has 0 aliphatic carbocycles. The minimum absolute atomic E-state index is 0.0224. The fourth-order valence-electron chi connectivity index (χ4n) is 5.20. The first kappa shape index (κ1) is 20.2. The zero-order valence-electron chi connectivity index (χ0n) is 32.0. The van der Waals surface area contributed by atoms with Crippen molar-refractivity contribution in [2.24, 2.45) is 0 Å². The van der Waals surface area contributed by atoms with E-state index in [1.165, 1.54) is 12.4 Å². The van der Waals surface area contributed by atoms with Crippen molar-refractivity contribution < 1.29 is 30.0 Å². The van der Waals surface area contributed by atoms with Crippen LogP contribution in [0.3, 0.4) is 0 Å². The molecule has 3 aliphatic heterocycles. The number of hydrogen-bond acceptors (Lipinski definition) is 11. The maximum atomic E-state index is 13.7. The third-order valence-corrected chi connectivity index (χ3v) is 7.12. The van der Waals surface area contributed by atoms with E-state index in [2.05, 4.69) is 25.3 Å². The van der Waals surface area contributed by atoms with E-state index in [0.717, 1.165) is 0 Å². The molecule has 0 bridgehead atoms. The van der Waals surface area contributed by atoms with Crippen molar-refractivity contribution in [3.63, 3.8) is 0 Å². The SMILES string of the molecule is [2H]C1([2H])OC([2H])([2H])C([2H])([2H])N(c2nc(-c3cnc(N)nc3)c3c(n2)N([C@@]2(C)CCN(C(=O)C(C)(C)NC(=O)OC(C)(C)C)C2)CC3)C1([2H])[2H]. The van der Waals surface area contributed by atoms with Gasteiger partial charge in [0.05, 0.1) is 35.3 Å². The van der Waals surface area contributed by atoms with E-state index in [1.807, 2.05) is 11.8 Å². The van der Waals surface area contributed by atoms with Crippen molar-refractivity contribution in [3.8, 4) is 11.3 Å². The molecule has 0 radical (unpaired) electrons. The second-order valence-corrected chi connectivity index (χ2v) is 12.0. The molecular weight excluding hydrogens is 526 g/mol. The molecule has 5 heterocycles. The number of nitrogens with two attached hydrogens (primary N) is 1. The lowest BCUT2D eigenvalue weighted by molar-refractivity contribution is -0.136. The third-order valence-electron chi connectivity index (χ3n) is 7.12. The van der Waals surface area contributed by atoms with Crippen LogP contribution in [0.25, 0.3) is 11.3 Å². The predicted molar refractivity (Wildman–Crippen MR) is 155 cm³/mol. The number of rotatable bonds is 5. The Labute approximate surface area is 252 Å². The van der Waals surface area contributed by atoms with Gasteiger partial charge in [-0.25, -0.2) is 19.7 Å². The van der Waals surface area contributed by atoms with Gasteiger partial charge in [0, 0.05) is 56.1 Å². The smallest absolute Gasteiger partial charge is 0.408 e. The lowest BCUT2D eigenvalue weighted by atomic mass is 9.99. The monoisotopic (exact) mass is 575 g/mol. The molecule has 2 aromatic heterocycles. The molecule has 2 aromatic rings. The highest BCUT2D eigenvalue weighted by Gasteiger charge is 2.47. The number of nitrogen functional groups attached to an aromatic ring is 1. The average Bonchev–Trinajstić information content (AvgIpc) is 3.54. The Morgan fingerprint density at radius 2 is 1.80 bits per heavy atom. The minimum Gasteiger partial charge on any atom is -0.444 e. The van der Waals surface area contributed by atoms with Gasteiger partial charge in [0.2, 0.25) is 17.8 Å². The summed E-state index contributed by atoms with van der Waals surface area (Å²) in [7, 11) is 0. The first-order chi connectivity index (χ1) is 22.2. The molecule has 2 amide bonds. The molecule has 2 fully saturated rings. The molecule has 2 saturated heterocycles. The molecule has 0 aromatic carbocycles. The van der Waals surface area contributed by atoms with Gasteiger partial charge >= 0.3 is 6.09 Å². The highest BCUT2D eigenvalue weighted by molar-refractivity contribution is 5.89. The maximum Gasteiger partial charge on any atom is 0.408 e. The summed E-state index contributed by atoms with van der Waals surface area (Å²) in [4.78, 5) is 47.2. The number of anilines is 3. The Kier molecular flexibility index (Phi) is 5.21. The van der Waals surface area contributed by atoms with Gasteiger partial charge in [0.25, 0.3) is 0 Å². The van der Waals surface area contributed by atoms with Crippen molar-refractivity contribution in [3.05, 3.63) is 18.0 Å². The number of aromatic nitrogens is 4. The molecule has 13 nitrogen and oxygen atoms in total. The molecule has 0 unspecified atom stereocenters. The van der Waals surface area contributed by atoms with Crippen LogP contribution in [0.4, 0.5) is 22.5 Å². The van der Waals surface area contributed by atoms with Crippen molar-refractivity contribution in [2.45, 2.75) is 71.1 Å². The summed E-state index contributed by atoms with van der Waals surface area (Å²) in [5.74, 6) is -0.741. The molecule has 0 spiro atoms. The van der Waals surface area contributed by atoms with Crippen LogP contribution in [0.15, 0.2) is 12.4 Å². The highest BCUT2D eigenvalue weighted by atomic mass is 16.6. The van der Waals surface area contributed by atoms with Crippen molar-refractivity contribution >= 4 is 29.7 Å². The van der Waals surface area contributed by atoms with Crippen molar-refractivity contribution in [1.29, 1.82) is 0 Å². The van der Waals surface area contributed by atoms with E-state index in [0.29, 0.717) is 37.1 Å². The lowest BCUT2D eigenvalue weighted by Gasteiger charge is -2.38. The van der Waals surface area contributed by atoms with Crippen LogP contribution in [0.2, 0.25) is 0 Å². The van der Waals surface area contributed by atoms with Gasteiger partial charge < -0.3 is 35.2 Å². The largest absolute Gasteiger partial charge is 0.444 e. The zero-order chi connectivity index (χ0) is 36.8. The van der Waals surface area contributed by atoms with E-state index >= 15 is 0 Å². The van der Waals surface area contributed by atoms with E-state index in [9.17, 15) is 9.59 Å². The van der Waals surface area contributed by atoms with Crippen LogP contribution in [0, 0.1) is 0 Å². The summed E-state index contributed by atoms with van der Waals surface area (Å²) in [6.45, 7) is -2.09. The molecule has 5 rings (SSSR count). The average molecular weight is 576 g/mol. The predicted octanol–water partition coefficient (Wildman–Crippen LogP) is 2.01. The number of ether oxygens (including phenoxy) is 2. The topological polar surface area (TPSA) is 152 Å². The molecule has 3 N–H and O–H groups in total. The first-order valence-electron chi connectivity index (χ1n) is 17.3. The van der Waals surface area contributed by atoms with Crippen molar-refractivity contribution in [1.82, 2.24) is 30.2 Å². The van der Waals surface area contributed by atoms with Gasteiger partial charge in [-0.3, -0.25) is 4.79 Å². The maximum absolute atomic E-state index is 13.7. The minimum atomic E-state index is -3.33. The van der Waals surface area contributed by atoms with Gasteiger partial charge in [-0.2, -0.15) is 4.98 Å². The molecule has 13 heteroatoms. The number of fused-ring (bicyclic) bond motifs is 1. The summed E-state index contributed by atoms with van der Waals surface area (Å²) in [5.41, 5.74) is 3.99. The molecule has 0 saturated carbocycles. The molecule has 3 aliphatic rings. The molecular formula is C28H41N9O4. The number of likely N-dealkylation sites (tertiary alicyclic amines) is 1. The summed E-state index contributed by atoms with van der Waals surface area (Å²) >= 11 is 0. The highest BCUT2D eigenvalue weighted by Crippen LogP contribution is 2.41. The summed E-state index contributed by atoms with van der Waals surface area (Å²) < 4.78 is 77.2. The van der Waals surface area contributed by atoms with Crippen molar-refractivity contribution in [2.75, 3.05) is 61.3 Å². The van der Waals surface area contributed by atoms with Gasteiger partial charge in [-0.05, 0) is 54.4 Å². The number of nitrogens with zero attached hydrogens (tertiary/aromatic N) is 7. The van der Waals surface area contributed by atoms with E-state index in [-0.39, 0.29) is 34.8 Å². The fraction of sp³-hybridized carbons (Fsp3) is 0.643. The molecule has 222 valence electrons. The van der Waals surface area contributed by atoms with Crippen LogP contribution in [-0.2, 0) is 20.7 Å². The normalized spacial score (nSPS) is 29.0. The Balaban J connectivity index is 1.56. The van der Waals surface area contributed by atoms with Crippen LogP contribution < -0.4 is 20.9 Å². The molecule has 1 atom stereocenters. The first-order valence-corrected chi connectivity index (χ1v) is 13.3. The van der Waals surface area contributed by atoms with E-state index in [1.54, 1.807) is 39.5 Å². The number of morpholine rings is 1. The number of nitrogens with one attached hydrogen (secondary N) is 1. The number of alkyl carbamates (subject to hydrolysis) is 1. The van der Waals surface area contributed by atoms with Crippen LogP contribution in [-0.4, -0.2) is 99.3 Å². The number of carbonyl (C=O) groups is 2. The summed E-state index contributed by atoms with van der Waals surface area (Å²) in [6.07, 6.45) is 2.88.